The Morgan fingerprint density at radius 1 is 1.31 bits per heavy atom. The van der Waals surface area contributed by atoms with Crippen molar-refractivity contribution < 1.29 is 19.1 Å². The van der Waals surface area contributed by atoms with E-state index in [1.54, 1.807) is 49.3 Å². The zero-order chi connectivity index (χ0) is 21.8. The van der Waals surface area contributed by atoms with Crippen LogP contribution in [0.1, 0.15) is 19.4 Å². The van der Waals surface area contributed by atoms with E-state index in [1.165, 1.54) is 21.0 Å². The Balaban J connectivity index is 2.82. The van der Waals surface area contributed by atoms with Gasteiger partial charge in [0.15, 0.2) is 0 Å². The number of ether oxygens (including phenoxy) is 1. The molecule has 0 aliphatic carbocycles. The number of benzene rings is 1. The van der Waals surface area contributed by atoms with E-state index in [0.29, 0.717) is 10.3 Å². The number of hydrogen-bond acceptors (Lipinski definition) is 7. The summed E-state index contributed by atoms with van der Waals surface area (Å²) in [7, 11) is 4.63. The van der Waals surface area contributed by atoms with Crippen molar-refractivity contribution in [2.75, 3.05) is 21.2 Å². The second-order valence-corrected chi connectivity index (χ2v) is 8.94. The van der Waals surface area contributed by atoms with Gasteiger partial charge in [-0.1, -0.05) is 0 Å². The molecule has 1 N–H and O–H groups in total. The molecule has 10 heteroatoms. The topological polar surface area (TPSA) is 124 Å². The number of rotatable bonds is 5. The number of hydrogen-bond donors (Lipinski definition) is 1. The van der Waals surface area contributed by atoms with Crippen LogP contribution in [0.3, 0.4) is 0 Å². The van der Waals surface area contributed by atoms with Crippen LogP contribution >= 0.6 is 0 Å². The molecule has 0 aromatic heterocycles. The third-order valence-corrected chi connectivity index (χ3v) is 8.18. The fourth-order valence-corrected chi connectivity index (χ4v) is 5.99. The zero-order valence-corrected chi connectivity index (χ0v) is 18.4. The maximum absolute atomic E-state index is 13.3. The van der Waals surface area contributed by atoms with E-state index < -0.39 is 42.5 Å². The first kappa shape index (κ1) is 22.3. The molecular formula is C19H21N5O4Se. The van der Waals surface area contributed by atoms with E-state index in [4.69, 9.17) is 0 Å². The monoisotopic (exact) mass is 463 g/mol. The Bertz CT molecular complexity index is 938. The van der Waals surface area contributed by atoms with E-state index in [9.17, 15) is 19.6 Å². The van der Waals surface area contributed by atoms with Crippen molar-refractivity contribution in [2.24, 2.45) is 10.1 Å². The van der Waals surface area contributed by atoms with Crippen molar-refractivity contribution in [1.29, 1.82) is 5.26 Å². The molecule has 0 bridgehead atoms. The molecule has 2 atom stereocenters. The molecule has 2 unspecified atom stereocenters. The van der Waals surface area contributed by atoms with Crippen LogP contribution in [0.4, 0.5) is 4.79 Å². The van der Waals surface area contributed by atoms with Gasteiger partial charge in [0.1, 0.15) is 0 Å². The van der Waals surface area contributed by atoms with Crippen molar-refractivity contribution in [3.63, 3.8) is 0 Å². The van der Waals surface area contributed by atoms with Gasteiger partial charge in [-0.05, 0) is 0 Å². The summed E-state index contributed by atoms with van der Waals surface area (Å²) >= 11 is -0.768. The van der Waals surface area contributed by atoms with E-state index >= 15 is 0 Å². The first-order valence-corrected chi connectivity index (χ1v) is 10.2. The third kappa shape index (κ3) is 3.55. The molecule has 0 saturated heterocycles. The second-order valence-electron chi connectivity index (χ2n) is 6.46. The van der Waals surface area contributed by atoms with Gasteiger partial charge in [-0.2, -0.15) is 0 Å². The minimum absolute atomic E-state index is 0.106. The zero-order valence-electron chi connectivity index (χ0n) is 16.7. The summed E-state index contributed by atoms with van der Waals surface area (Å²) in [6.07, 6.45) is -0.837. The summed E-state index contributed by atoms with van der Waals surface area (Å²) in [5.41, 5.74) is 0.795. The Kier molecular flexibility index (Phi) is 6.57. The molecular weight excluding hydrogens is 441 g/mol. The van der Waals surface area contributed by atoms with Crippen LogP contribution in [-0.4, -0.2) is 69.3 Å². The molecule has 152 valence electrons. The number of amidine groups is 1. The summed E-state index contributed by atoms with van der Waals surface area (Å²) in [5, 5.41) is 14.3. The number of carbonyl (C=O) groups excluding carboxylic acids is 3. The number of methoxy groups -OCH3 is 1. The number of nitrogens with one attached hydrogen (secondary N) is 1. The van der Waals surface area contributed by atoms with Crippen molar-refractivity contribution >= 4 is 43.2 Å². The van der Waals surface area contributed by atoms with Crippen molar-refractivity contribution in [2.45, 2.75) is 23.6 Å². The molecule has 0 radical (unpaired) electrons. The van der Waals surface area contributed by atoms with Gasteiger partial charge in [0.05, 0.1) is 0 Å². The minimum atomic E-state index is -1.86. The number of carbonyl (C=O) groups is 3. The van der Waals surface area contributed by atoms with Crippen LogP contribution in [0.25, 0.3) is 0 Å². The normalized spacial score (nSPS) is 20.9. The molecule has 29 heavy (non-hydrogen) atoms. The number of aliphatic imine (C=N–C) groups is 1. The molecule has 0 fully saturated rings. The van der Waals surface area contributed by atoms with Crippen LogP contribution in [0.2, 0.25) is 4.31 Å². The van der Waals surface area contributed by atoms with E-state index in [0.717, 1.165) is 0 Å². The van der Waals surface area contributed by atoms with Gasteiger partial charge in [-0.25, -0.2) is 0 Å². The average molecular weight is 462 g/mol. The predicted octanol–water partition coefficient (Wildman–Crippen LogP) is 1.09. The number of ketones is 1. The number of hydrazone groups is 1. The Hall–Kier alpha value is -3.02. The van der Waals surface area contributed by atoms with Crippen LogP contribution in [-0.2, 0) is 19.7 Å². The Morgan fingerprint density at radius 2 is 1.93 bits per heavy atom. The summed E-state index contributed by atoms with van der Waals surface area (Å²) < 4.78 is 3.32. The number of Topliss-reactive ketones (excluding diaryl/α,β-unsaturated/α-hetero) is 1. The fourth-order valence-electron chi connectivity index (χ4n) is 3.12. The first-order chi connectivity index (χ1) is 13.7. The van der Waals surface area contributed by atoms with Gasteiger partial charge in [0, 0.05) is 0 Å². The van der Waals surface area contributed by atoms with Gasteiger partial charge in [-0.3, -0.25) is 0 Å². The molecule has 9 nitrogen and oxygen atoms in total. The SMILES string of the molecule is COC(=O)N/N=C(\C)C1(C(C#N)(C(C)=O)c2ccccc2)[Se]C(N(C)C)=NC1=O. The summed E-state index contributed by atoms with van der Waals surface area (Å²) in [4.78, 5) is 43.7. The fraction of sp³-hybridized carbons (Fsp3) is 0.368. The molecule has 1 aromatic carbocycles. The van der Waals surface area contributed by atoms with Gasteiger partial charge in [-0.15, -0.1) is 0 Å². The van der Waals surface area contributed by atoms with E-state index in [2.05, 4.69) is 26.3 Å². The standard InChI is InChI=1S/C19H21N5O4Se/c1-12(22-23-17(27)28-5)19(15(26)21-16(29-19)24(3)4)18(11-20,13(2)25)14-9-7-6-8-10-14/h6-10H,1-5H3,(H,23,27)/b22-12+. The molecule has 2 amide bonds. The molecule has 0 saturated carbocycles. The quantitative estimate of drug-likeness (QED) is 0.397. The first-order valence-electron chi connectivity index (χ1n) is 8.53. The van der Waals surface area contributed by atoms with E-state index in [1.807, 2.05) is 0 Å². The van der Waals surface area contributed by atoms with Gasteiger partial charge in [0.25, 0.3) is 0 Å². The molecule has 2 rings (SSSR count). The van der Waals surface area contributed by atoms with Crippen molar-refractivity contribution in [1.82, 2.24) is 10.3 Å². The summed E-state index contributed by atoms with van der Waals surface area (Å²) in [6, 6.07) is 10.5. The van der Waals surface area contributed by atoms with Crippen LogP contribution < -0.4 is 5.43 Å². The number of nitrogens with zero attached hydrogens (tertiary/aromatic N) is 4. The van der Waals surface area contributed by atoms with E-state index in [-0.39, 0.29) is 5.71 Å². The molecule has 1 aliphatic heterocycles. The average Bonchev–Trinajstić information content (AvgIpc) is 3.06. The van der Waals surface area contributed by atoms with Crippen molar-refractivity contribution in [3.05, 3.63) is 35.9 Å². The van der Waals surface area contributed by atoms with Crippen molar-refractivity contribution in [3.8, 4) is 6.07 Å². The summed E-state index contributed by atoms with van der Waals surface area (Å²) in [6.45, 7) is 2.78. The molecule has 1 aliphatic rings. The third-order valence-electron chi connectivity index (χ3n) is 4.57. The number of amides is 2. The Labute approximate surface area is 175 Å². The van der Waals surface area contributed by atoms with Crippen LogP contribution in [0, 0.1) is 11.3 Å². The number of nitriles is 1. The van der Waals surface area contributed by atoms with Gasteiger partial charge < -0.3 is 0 Å². The molecule has 0 spiro atoms. The maximum atomic E-state index is 13.3. The summed E-state index contributed by atoms with van der Waals surface area (Å²) in [5.74, 6) is -1.15. The predicted molar refractivity (Wildman–Crippen MR) is 108 cm³/mol. The molecule has 1 aromatic rings. The van der Waals surface area contributed by atoms with Crippen LogP contribution in [0.15, 0.2) is 40.4 Å². The van der Waals surface area contributed by atoms with Gasteiger partial charge >= 0.3 is 175 Å². The van der Waals surface area contributed by atoms with Crippen LogP contribution in [0.5, 0.6) is 0 Å². The Morgan fingerprint density at radius 3 is 2.38 bits per heavy atom. The molecule has 1 heterocycles. The van der Waals surface area contributed by atoms with Gasteiger partial charge in [0.2, 0.25) is 0 Å². The second kappa shape index (κ2) is 8.55.